The van der Waals surface area contributed by atoms with Crippen LogP contribution in [-0.4, -0.2) is 29.9 Å². The summed E-state index contributed by atoms with van der Waals surface area (Å²) < 4.78 is 120. The van der Waals surface area contributed by atoms with E-state index in [9.17, 15) is 43.9 Å². The van der Waals surface area contributed by atoms with Gasteiger partial charge in [0.25, 0.3) is 0 Å². The first-order valence-corrected chi connectivity index (χ1v) is 4.22. The summed E-state index contributed by atoms with van der Waals surface area (Å²) in [6.07, 6.45) is -13.6. The van der Waals surface area contributed by atoms with Crippen molar-refractivity contribution >= 4 is 5.71 Å². The molecule has 0 unspecified atom stereocenters. The SMILES string of the molecule is C/C(=C\C(F)(F)C(F)(F)F)C(=N)C(F)(F)C(F)(F)F. The van der Waals surface area contributed by atoms with Crippen LogP contribution in [0.3, 0.4) is 0 Å². The zero-order chi connectivity index (χ0) is 15.9. The quantitative estimate of drug-likeness (QED) is 0.592. The molecule has 0 spiro atoms. The second-order valence-electron chi connectivity index (χ2n) is 3.40. The summed E-state index contributed by atoms with van der Waals surface area (Å²) in [5.41, 5.74) is -4.51. The number of allylic oxidation sites excluding steroid dienone is 2. The van der Waals surface area contributed by atoms with Gasteiger partial charge in [-0.3, -0.25) is 5.41 Å². The summed E-state index contributed by atoms with van der Waals surface area (Å²) in [6, 6.07) is 0. The topological polar surface area (TPSA) is 23.9 Å². The van der Waals surface area contributed by atoms with E-state index in [1.807, 2.05) is 0 Å². The Morgan fingerprint density at radius 3 is 1.42 bits per heavy atom. The number of rotatable bonds is 3. The van der Waals surface area contributed by atoms with Crippen LogP contribution in [0, 0.1) is 5.41 Å². The van der Waals surface area contributed by atoms with Crippen molar-refractivity contribution in [3.8, 4) is 0 Å². The van der Waals surface area contributed by atoms with Crippen molar-refractivity contribution in [3.63, 3.8) is 0 Å². The fourth-order valence-corrected chi connectivity index (χ4v) is 0.815. The molecule has 11 heteroatoms. The summed E-state index contributed by atoms with van der Waals surface area (Å²) in [4.78, 5) is 0. The smallest absolute Gasteiger partial charge is 0.299 e. The summed E-state index contributed by atoms with van der Waals surface area (Å²) in [5.74, 6) is -11.4. The molecular formula is C8H5F10N. The van der Waals surface area contributed by atoms with Gasteiger partial charge in [0.05, 0.1) is 0 Å². The molecule has 0 aliphatic heterocycles. The van der Waals surface area contributed by atoms with Gasteiger partial charge in [-0.05, 0) is 18.6 Å². The molecule has 0 radical (unpaired) electrons. The average molecular weight is 305 g/mol. The monoisotopic (exact) mass is 305 g/mol. The molecule has 112 valence electrons. The minimum absolute atomic E-state index is 0.127. The van der Waals surface area contributed by atoms with Crippen molar-refractivity contribution in [2.45, 2.75) is 31.1 Å². The van der Waals surface area contributed by atoms with E-state index in [0.29, 0.717) is 0 Å². The van der Waals surface area contributed by atoms with Gasteiger partial charge in [-0.25, -0.2) is 0 Å². The van der Waals surface area contributed by atoms with Crippen molar-refractivity contribution in [1.82, 2.24) is 0 Å². The van der Waals surface area contributed by atoms with Crippen LogP contribution in [0.15, 0.2) is 11.6 Å². The van der Waals surface area contributed by atoms with E-state index in [2.05, 4.69) is 0 Å². The first kappa shape index (κ1) is 17.7. The van der Waals surface area contributed by atoms with Crippen molar-refractivity contribution in [1.29, 1.82) is 5.41 Å². The Bertz CT molecular complexity index is 385. The molecule has 0 saturated heterocycles. The van der Waals surface area contributed by atoms with E-state index >= 15 is 0 Å². The van der Waals surface area contributed by atoms with Crippen LogP contribution in [0.4, 0.5) is 43.9 Å². The average Bonchev–Trinajstić information content (AvgIpc) is 2.11. The minimum Gasteiger partial charge on any atom is -0.299 e. The van der Waals surface area contributed by atoms with Gasteiger partial charge in [-0.15, -0.1) is 0 Å². The lowest BCUT2D eigenvalue weighted by Gasteiger charge is -2.22. The molecule has 0 amide bonds. The third kappa shape index (κ3) is 3.60. The molecule has 0 saturated carbocycles. The predicted molar refractivity (Wildman–Crippen MR) is 43.5 cm³/mol. The van der Waals surface area contributed by atoms with E-state index in [1.165, 1.54) is 0 Å². The molecular weight excluding hydrogens is 300 g/mol. The summed E-state index contributed by atoms with van der Waals surface area (Å²) >= 11 is 0. The normalized spacial score (nSPS) is 15.6. The van der Waals surface area contributed by atoms with E-state index in [4.69, 9.17) is 5.41 Å². The van der Waals surface area contributed by atoms with Gasteiger partial charge in [-0.1, -0.05) is 0 Å². The van der Waals surface area contributed by atoms with E-state index < -0.39 is 41.6 Å². The van der Waals surface area contributed by atoms with E-state index in [0.717, 1.165) is 0 Å². The maximum absolute atomic E-state index is 12.5. The lowest BCUT2D eigenvalue weighted by molar-refractivity contribution is -0.259. The number of alkyl halides is 10. The highest BCUT2D eigenvalue weighted by Gasteiger charge is 2.62. The Balaban J connectivity index is 5.47. The van der Waals surface area contributed by atoms with Crippen LogP contribution < -0.4 is 0 Å². The Kier molecular flexibility index (Phi) is 4.36. The van der Waals surface area contributed by atoms with E-state index in [-0.39, 0.29) is 6.92 Å². The second kappa shape index (κ2) is 4.67. The molecule has 0 aliphatic rings. The Labute approximate surface area is 98.9 Å². The molecule has 0 aromatic heterocycles. The number of nitrogens with one attached hydrogen (secondary N) is 1. The molecule has 0 heterocycles. The maximum Gasteiger partial charge on any atom is 0.459 e. The number of hydrogen-bond acceptors (Lipinski definition) is 1. The van der Waals surface area contributed by atoms with Gasteiger partial charge in [0.2, 0.25) is 0 Å². The summed E-state index contributed by atoms with van der Waals surface area (Å²) in [5, 5.41) is 6.40. The van der Waals surface area contributed by atoms with Gasteiger partial charge in [-0.2, -0.15) is 43.9 Å². The van der Waals surface area contributed by atoms with Crippen LogP contribution >= 0.6 is 0 Å². The van der Waals surface area contributed by atoms with Crippen molar-refractivity contribution in [3.05, 3.63) is 11.6 Å². The summed E-state index contributed by atoms with van der Waals surface area (Å²) in [6.45, 7) is 0.127. The molecule has 0 aliphatic carbocycles. The fourth-order valence-electron chi connectivity index (χ4n) is 0.815. The van der Waals surface area contributed by atoms with E-state index in [1.54, 1.807) is 0 Å². The van der Waals surface area contributed by atoms with Gasteiger partial charge >= 0.3 is 24.2 Å². The highest BCUT2D eigenvalue weighted by Crippen LogP contribution is 2.41. The Morgan fingerprint density at radius 2 is 1.16 bits per heavy atom. The first-order chi connectivity index (χ1) is 8.04. The molecule has 0 atom stereocenters. The Hall–Kier alpha value is -1.29. The lowest BCUT2D eigenvalue weighted by atomic mass is 10.0. The summed E-state index contributed by atoms with van der Waals surface area (Å²) in [7, 11) is 0. The zero-order valence-electron chi connectivity index (χ0n) is 8.86. The van der Waals surface area contributed by atoms with Crippen molar-refractivity contribution in [2.75, 3.05) is 0 Å². The first-order valence-electron chi connectivity index (χ1n) is 4.22. The van der Waals surface area contributed by atoms with Crippen molar-refractivity contribution < 1.29 is 43.9 Å². The standard InChI is InChI=1S/C8H5F10N/c1-3(2-5(9,10)7(13,14)15)4(19)6(11,12)8(16,17)18/h2,19H,1H3/b3-2+,19-4?. The molecule has 19 heavy (non-hydrogen) atoms. The Morgan fingerprint density at radius 1 is 0.789 bits per heavy atom. The second-order valence-corrected chi connectivity index (χ2v) is 3.40. The van der Waals surface area contributed by atoms with Gasteiger partial charge < -0.3 is 0 Å². The molecule has 0 aromatic carbocycles. The highest BCUT2D eigenvalue weighted by molar-refractivity contribution is 6.03. The molecule has 0 aromatic rings. The fraction of sp³-hybridized carbons (Fsp3) is 0.625. The largest absolute Gasteiger partial charge is 0.459 e. The minimum atomic E-state index is -6.27. The van der Waals surface area contributed by atoms with Gasteiger partial charge in [0.15, 0.2) is 0 Å². The number of hydrogen-bond donors (Lipinski definition) is 1. The third-order valence-corrected chi connectivity index (χ3v) is 1.84. The van der Waals surface area contributed by atoms with Gasteiger partial charge in [0.1, 0.15) is 5.71 Å². The molecule has 0 rings (SSSR count). The van der Waals surface area contributed by atoms with Crippen LogP contribution in [-0.2, 0) is 0 Å². The van der Waals surface area contributed by atoms with Crippen molar-refractivity contribution in [2.24, 2.45) is 0 Å². The molecule has 1 nitrogen and oxygen atoms in total. The molecule has 1 N–H and O–H groups in total. The van der Waals surface area contributed by atoms with Crippen LogP contribution in [0.25, 0.3) is 0 Å². The highest BCUT2D eigenvalue weighted by atomic mass is 19.4. The van der Waals surface area contributed by atoms with Crippen LogP contribution in [0.2, 0.25) is 0 Å². The number of halogens is 10. The predicted octanol–water partition coefficient (Wildman–Crippen LogP) is 4.35. The third-order valence-electron chi connectivity index (χ3n) is 1.84. The lowest BCUT2D eigenvalue weighted by Crippen LogP contribution is -2.45. The van der Waals surface area contributed by atoms with Crippen LogP contribution in [0.5, 0.6) is 0 Å². The molecule has 0 fully saturated rings. The molecule has 0 bridgehead atoms. The van der Waals surface area contributed by atoms with Crippen LogP contribution in [0.1, 0.15) is 6.92 Å². The van der Waals surface area contributed by atoms with Gasteiger partial charge in [0, 0.05) is 0 Å². The maximum atomic E-state index is 12.5. The zero-order valence-corrected chi connectivity index (χ0v) is 8.86.